The van der Waals surface area contributed by atoms with Crippen LogP contribution in [0.2, 0.25) is 0 Å². The average molecular weight is 271 g/mol. The van der Waals surface area contributed by atoms with Gasteiger partial charge >= 0.3 is 0 Å². The largest absolute Gasteiger partial charge is 0.334 e. The highest BCUT2D eigenvalue weighted by atomic mass is 16.5. The van der Waals surface area contributed by atoms with E-state index in [4.69, 9.17) is 10.3 Å². The molecule has 1 aliphatic rings. The van der Waals surface area contributed by atoms with Gasteiger partial charge in [-0.25, -0.2) is 0 Å². The molecule has 2 aromatic rings. The highest BCUT2D eigenvalue weighted by molar-refractivity contribution is 5.53. The van der Waals surface area contributed by atoms with Crippen molar-refractivity contribution in [2.24, 2.45) is 11.7 Å². The molecule has 0 bridgehead atoms. The van der Waals surface area contributed by atoms with Gasteiger partial charge in [-0.3, -0.25) is 0 Å². The topological polar surface area (TPSA) is 64.9 Å². The lowest BCUT2D eigenvalue weighted by Crippen LogP contribution is -2.13. The molecule has 106 valence electrons. The predicted molar refractivity (Wildman–Crippen MR) is 78.1 cm³/mol. The van der Waals surface area contributed by atoms with Crippen LogP contribution in [0.1, 0.15) is 51.0 Å². The monoisotopic (exact) mass is 271 g/mol. The van der Waals surface area contributed by atoms with Gasteiger partial charge in [-0.1, -0.05) is 38.1 Å². The van der Waals surface area contributed by atoms with Gasteiger partial charge in [-0.2, -0.15) is 4.98 Å². The van der Waals surface area contributed by atoms with E-state index in [2.05, 4.69) is 43.0 Å². The van der Waals surface area contributed by atoms with Crippen LogP contribution in [-0.2, 0) is 5.41 Å². The second kappa shape index (κ2) is 4.70. The first-order valence-electron chi connectivity index (χ1n) is 7.15. The quantitative estimate of drug-likeness (QED) is 0.928. The van der Waals surface area contributed by atoms with Crippen LogP contribution in [-0.4, -0.2) is 10.1 Å². The van der Waals surface area contributed by atoms with Crippen molar-refractivity contribution in [2.45, 2.75) is 45.1 Å². The summed E-state index contributed by atoms with van der Waals surface area (Å²) in [5.74, 6) is 1.71. The first-order valence-corrected chi connectivity index (χ1v) is 7.15. The molecule has 2 N–H and O–H groups in total. The number of hydrogen-bond acceptors (Lipinski definition) is 4. The molecule has 4 nitrogen and oxygen atoms in total. The van der Waals surface area contributed by atoms with Crippen LogP contribution in [0.3, 0.4) is 0 Å². The predicted octanol–water partition coefficient (Wildman–Crippen LogP) is 3.44. The van der Waals surface area contributed by atoms with Gasteiger partial charge in [0.2, 0.25) is 0 Å². The van der Waals surface area contributed by atoms with Crippen molar-refractivity contribution >= 4 is 0 Å². The Morgan fingerprint density at radius 1 is 1.20 bits per heavy atom. The fourth-order valence-electron chi connectivity index (χ4n) is 2.27. The van der Waals surface area contributed by atoms with Crippen molar-refractivity contribution in [2.75, 3.05) is 0 Å². The summed E-state index contributed by atoms with van der Waals surface area (Å²) in [4.78, 5) is 4.43. The maximum atomic E-state index is 6.09. The standard InChI is InChI=1S/C16H21N3O/c1-16(2,3)12-8-6-11(7-9-12)15-18-14(19-20-15)13(17)10-4-5-10/h6-10,13H,4-5,17H2,1-3H3. The molecule has 1 fully saturated rings. The van der Waals surface area contributed by atoms with Crippen molar-refractivity contribution in [3.8, 4) is 11.5 Å². The first-order chi connectivity index (χ1) is 9.45. The Morgan fingerprint density at radius 3 is 2.40 bits per heavy atom. The molecule has 1 saturated carbocycles. The van der Waals surface area contributed by atoms with E-state index in [0.29, 0.717) is 17.6 Å². The Kier molecular flexibility index (Phi) is 3.13. The lowest BCUT2D eigenvalue weighted by atomic mass is 9.87. The minimum Gasteiger partial charge on any atom is -0.334 e. The van der Waals surface area contributed by atoms with Gasteiger partial charge in [0.25, 0.3) is 5.89 Å². The van der Waals surface area contributed by atoms with Crippen molar-refractivity contribution in [3.05, 3.63) is 35.7 Å². The van der Waals surface area contributed by atoms with E-state index in [-0.39, 0.29) is 11.5 Å². The highest BCUT2D eigenvalue weighted by Crippen LogP contribution is 2.38. The fourth-order valence-corrected chi connectivity index (χ4v) is 2.27. The van der Waals surface area contributed by atoms with Gasteiger partial charge in [-0.05, 0) is 41.9 Å². The summed E-state index contributed by atoms with van der Waals surface area (Å²) in [6, 6.07) is 8.20. The molecule has 4 heteroatoms. The molecule has 1 unspecified atom stereocenters. The van der Waals surface area contributed by atoms with E-state index in [1.807, 2.05) is 12.1 Å². The SMILES string of the molecule is CC(C)(C)c1ccc(-c2nc(C(N)C3CC3)no2)cc1. The second-order valence-corrected chi connectivity index (χ2v) is 6.65. The zero-order chi connectivity index (χ0) is 14.3. The van der Waals surface area contributed by atoms with Crippen LogP contribution in [0.15, 0.2) is 28.8 Å². The molecule has 1 aromatic heterocycles. The van der Waals surface area contributed by atoms with Crippen molar-refractivity contribution in [1.29, 1.82) is 0 Å². The lowest BCUT2D eigenvalue weighted by molar-refractivity contribution is 0.411. The van der Waals surface area contributed by atoms with Gasteiger partial charge in [0.1, 0.15) is 0 Å². The number of nitrogens with two attached hydrogens (primary N) is 1. The summed E-state index contributed by atoms with van der Waals surface area (Å²) in [6.45, 7) is 6.59. The van der Waals surface area contributed by atoms with Crippen LogP contribution >= 0.6 is 0 Å². The molecule has 1 atom stereocenters. The number of benzene rings is 1. The molecular formula is C16H21N3O. The molecule has 0 amide bonds. The minimum absolute atomic E-state index is 0.0821. The number of aromatic nitrogens is 2. The number of rotatable bonds is 3. The van der Waals surface area contributed by atoms with Crippen LogP contribution in [0, 0.1) is 5.92 Å². The third-order valence-electron chi connectivity index (χ3n) is 3.87. The van der Waals surface area contributed by atoms with E-state index in [0.717, 1.165) is 5.56 Å². The summed E-state index contributed by atoms with van der Waals surface area (Å²) >= 11 is 0. The van der Waals surface area contributed by atoms with Crippen molar-refractivity contribution in [1.82, 2.24) is 10.1 Å². The average Bonchev–Trinajstić information content (AvgIpc) is 3.14. The minimum atomic E-state index is -0.0821. The summed E-state index contributed by atoms with van der Waals surface area (Å²) in [5.41, 5.74) is 8.47. The van der Waals surface area contributed by atoms with Gasteiger partial charge in [0.15, 0.2) is 5.82 Å². The molecule has 3 rings (SSSR count). The Hall–Kier alpha value is -1.68. The maximum absolute atomic E-state index is 6.09. The highest BCUT2D eigenvalue weighted by Gasteiger charge is 2.32. The van der Waals surface area contributed by atoms with E-state index in [1.165, 1.54) is 18.4 Å². The molecule has 1 aliphatic carbocycles. The molecule has 0 aliphatic heterocycles. The van der Waals surface area contributed by atoms with Crippen molar-refractivity contribution in [3.63, 3.8) is 0 Å². The van der Waals surface area contributed by atoms with Gasteiger partial charge in [0.05, 0.1) is 6.04 Å². The van der Waals surface area contributed by atoms with Crippen LogP contribution in [0.5, 0.6) is 0 Å². The van der Waals surface area contributed by atoms with Gasteiger partial charge < -0.3 is 10.3 Å². The normalized spacial score (nSPS) is 17.2. The number of hydrogen-bond donors (Lipinski definition) is 1. The van der Waals surface area contributed by atoms with Crippen LogP contribution in [0.4, 0.5) is 0 Å². The molecule has 0 radical (unpaired) electrons. The first kappa shape index (κ1) is 13.3. The Balaban J connectivity index is 1.82. The summed E-state index contributed by atoms with van der Waals surface area (Å²) in [5, 5.41) is 4.01. The smallest absolute Gasteiger partial charge is 0.257 e. The van der Waals surface area contributed by atoms with E-state index in [1.54, 1.807) is 0 Å². The third-order valence-corrected chi connectivity index (χ3v) is 3.87. The summed E-state index contributed by atoms with van der Waals surface area (Å²) in [7, 11) is 0. The zero-order valence-electron chi connectivity index (χ0n) is 12.3. The molecular weight excluding hydrogens is 250 g/mol. The van der Waals surface area contributed by atoms with Crippen LogP contribution < -0.4 is 5.73 Å². The van der Waals surface area contributed by atoms with E-state index in [9.17, 15) is 0 Å². The van der Waals surface area contributed by atoms with Crippen LogP contribution in [0.25, 0.3) is 11.5 Å². The van der Waals surface area contributed by atoms with E-state index < -0.39 is 0 Å². The Labute approximate surface area is 119 Å². The zero-order valence-corrected chi connectivity index (χ0v) is 12.3. The van der Waals surface area contributed by atoms with Gasteiger partial charge in [0, 0.05) is 5.56 Å². The summed E-state index contributed by atoms with van der Waals surface area (Å²) < 4.78 is 5.33. The Bertz CT molecular complexity index is 591. The summed E-state index contributed by atoms with van der Waals surface area (Å²) in [6.07, 6.45) is 2.34. The van der Waals surface area contributed by atoms with Crippen molar-refractivity contribution < 1.29 is 4.52 Å². The fraction of sp³-hybridized carbons (Fsp3) is 0.500. The van der Waals surface area contributed by atoms with Gasteiger partial charge in [-0.15, -0.1) is 0 Å². The second-order valence-electron chi connectivity index (χ2n) is 6.65. The molecule has 1 aromatic carbocycles. The molecule has 20 heavy (non-hydrogen) atoms. The van der Waals surface area contributed by atoms with E-state index >= 15 is 0 Å². The Morgan fingerprint density at radius 2 is 1.85 bits per heavy atom. The molecule has 0 spiro atoms. The number of nitrogens with zero attached hydrogens (tertiary/aromatic N) is 2. The molecule has 1 heterocycles. The third kappa shape index (κ3) is 2.61. The lowest BCUT2D eigenvalue weighted by Gasteiger charge is -2.18. The molecule has 0 saturated heterocycles. The maximum Gasteiger partial charge on any atom is 0.257 e.